The van der Waals surface area contributed by atoms with Gasteiger partial charge in [-0.15, -0.1) is 5.10 Å². The molecule has 0 aliphatic carbocycles. The number of carboxylic acid groups (broad SMARTS) is 1. The maximum atomic E-state index is 10.6. The Morgan fingerprint density at radius 3 is 3.10 bits per heavy atom. The summed E-state index contributed by atoms with van der Waals surface area (Å²) < 4.78 is 9.67. The zero-order valence-electron chi connectivity index (χ0n) is 9.60. The van der Waals surface area contributed by atoms with E-state index in [1.807, 2.05) is 0 Å². The molecular weight excluding hydrogens is 324 g/mol. The van der Waals surface area contributed by atoms with E-state index < -0.39 is 5.97 Å². The fraction of sp³-hybridized carbons (Fsp3) is 0.111. The topological polar surface area (TPSA) is 107 Å². The molecule has 1 aromatic carbocycles. The van der Waals surface area contributed by atoms with E-state index in [9.17, 15) is 4.79 Å². The molecule has 0 saturated carbocycles. The number of halogens is 1. The van der Waals surface area contributed by atoms with Crippen LogP contribution in [0, 0.1) is 0 Å². The van der Waals surface area contributed by atoms with Gasteiger partial charge in [0.25, 0.3) is 0 Å². The van der Waals surface area contributed by atoms with Crippen LogP contribution in [0.4, 0.5) is 0 Å². The fourth-order valence-corrected chi connectivity index (χ4v) is 2.92. The lowest BCUT2D eigenvalue weighted by atomic mass is 10.2. The molecule has 0 atom stereocenters. The highest BCUT2D eigenvalue weighted by Crippen LogP contribution is 2.30. The first-order valence-corrected chi connectivity index (χ1v) is 7.30. The molecule has 0 unspecified atom stereocenters. The maximum absolute atomic E-state index is 10.6. The molecule has 0 radical (unpaired) electrons. The van der Waals surface area contributed by atoms with Gasteiger partial charge < -0.3 is 5.11 Å². The molecule has 0 spiro atoms. The van der Waals surface area contributed by atoms with Gasteiger partial charge in [-0.3, -0.25) is 4.79 Å². The summed E-state index contributed by atoms with van der Waals surface area (Å²) in [5.41, 5.74) is 1.75. The summed E-state index contributed by atoms with van der Waals surface area (Å²) in [4.78, 5) is 10.6. The molecular formula is C9H5ClN6O2S2. The van der Waals surface area contributed by atoms with E-state index >= 15 is 0 Å². The van der Waals surface area contributed by atoms with Gasteiger partial charge in [0, 0.05) is 0 Å². The third-order valence-corrected chi connectivity index (χ3v) is 4.08. The molecule has 1 N–H and O–H groups in total. The van der Waals surface area contributed by atoms with Crippen LogP contribution in [0.1, 0.15) is 0 Å². The predicted octanol–water partition coefficient (Wildman–Crippen LogP) is 1.50. The standard InChI is InChI=1S/C9H5ClN6O2S2/c10-4-1-2-5-7(13-20-12-5)8(4)16-9(11-14-15-16)19-3-6(17)18/h1-2H,3H2,(H,17,18). The number of hydrogen-bond acceptors (Lipinski definition) is 8. The number of fused-ring (bicyclic) bond motifs is 1. The van der Waals surface area contributed by atoms with Gasteiger partial charge in [-0.25, -0.2) is 0 Å². The number of hydrogen-bond donors (Lipinski definition) is 1. The first kappa shape index (κ1) is 13.2. The Morgan fingerprint density at radius 1 is 1.45 bits per heavy atom. The third kappa shape index (κ3) is 2.32. The molecule has 3 aromatic rings. The average Bonchev–Trinajstić information content (AvgIpc) is 3.04. The van der Waals surface area contributed by atoms with Crippen LogP contribution in [-0.4, -0.2) is 45.8 Å². The Kier molecular flexibility index (Phi) is 3.51. The van der Waals surface area contributed by atoms with Crippen molar-refractivity contribution in [3.05, 3.63) is 17.2 Å². The smallest absolute Gasteiger partial charge is 0.313 e. The Bertz CT molecular complexity index is 788. The van der Waals surface area contributed by atoms with Gasteiger partial charge >= 0.3 is 5.97 Å². The van der Waals surface area contributed by atoms with Gasteiger partial charge in [0.15, 0.2) is 0 Å². The zero-order chi connectivity index (χ0) is 14.1. The van der Waals surface area contributed by atoms with E-state index in [4.69, 9.17) is 16.7 Å². The molecule has 11 heteroatoms. The maximum Gasteiger partial charge on any atom is 0.313 e. The number of carboxylic acids is 1. The number of nitrogens with zero attached hydrogens (tertiary/aromatic N) is 6. The van der Waals surface area contributed by atoms with E-state index in [1.165, 1.54) is 4.68 Å². The van der Waals surface area contributed by atoms with Crippen molar-refractivity contribution >= 4 is 52.1 Å². The first-order valence-electron chi connectivity index (χ1n) is 5.21. The highest BCUT2D eigenvalue weighted by molar-refractivity contribution is 7.99. The van der Waals surface area contributed by atoms with Crippen LogP contribution in [0.15, 0.2) is 17.3 Å². The van der Waals surface area contributed by atoms with Crippen molar-refractivity contribution in [2.45, 2.75) is 5.16 Å². The SMILES string of the molecule is O=C(O)CSc1nnnn1-c1c(Cl)ccc2nsnc12. The van der Waals surface area contributed by atoms with Crippen molar-refractivity contribution in [1.29, 1.82) is 0 Å². The molecule has 102 valence electrons. The van der Waals surface area contributed by atoms with Crippen LogP contribution in [0.25, 0.3) is 16.7 Å². The summed E-state index contributed by atoms with van der Waals surface area (Å²) in [6.45, 7) is 0. The molecule has 3 rings (SSSR count). The van der Waals surface area contributed by atoms with Gasteiger partial charge in [0.1, 0.15) is 16.7 Å². The third-order valence-electron chi connectivity index (χ3n) is 2.33. The van der Waals surface area contributed by atoms with Crippen molar-refractivity contribution in [3.63, 3.8) is 0 Å². The number of aliphatic carboxylic acids is 1. The van der Waals surface area contributed by atoms with Gasteiger partial charge in [0.2, 0.25) is 5.16 Å². The van der Waals surface area contributed by atoms with Crippen molar-refractivity contribution in [2.24, 2.45) is 0 Å². The zero-order valence-corrected chi connectivity index (χ0v) is 12.0. The summed E-state index contributed by atoms with van der Waals surface area (Å²) in [6.07, 6.45) is 0. The van der Waals surface area contributed by atoms with E-state index in [1.54, 1.807) is 12.1 Å². The summed E-state index contributed by atoms with van der Waals surface area (Å²) in [7, 11) is 0. The quantitative estimate of drug-likeness (QED) is 0.718. The minimum absolute atomic E-state index is 0.150. The lowest BCUT2D eigenvalue weighted by Crippen LogP contribution is -2.04. The van der Waals surface area contributed by atoms with E-state index in [2.05, 4.69) is 24.3 Å². The predicted molar refractivity (Wildman–Crippen MR) is 73.5 cm³/mol. The lowest BCUT2D eigenvalue weighted by Gasteiger charge is -2.05. The van der Waals surface area contributed by atoms with Gasteiger partial charge in [-0.05, 0) is 22.6 Å². The molecule has 0 bridgehead atoms. The Balaban J connectivity index is 2.11. The van der Waals surface area contributed by atoms with Crippen LogP contribution < -0.4 is 0 Å². The van der Waals surface area contributed by atoms with Crippen LogP contribution in [-0.2, 0) is 4.79 Å². The number of thioether (sulfide) groups is 1. The monoisotopic (exact) mass is 328 g/mol. The van der Waals surface area contributed by atoms with Crippen LogP contribution >= 0.6 is 35.1 Å². The molecule has 8 nitrogen and oxygen atoms in total. The number of carbonyl (C=O) groups is 1. The van der Waals surface area contributed by atoms with Crippen LogP contribution in [0.2, 0.25) is 5.02 Å². The molecule has 0 saturated heterocycles. The second kappa shape index (κ2) is 5.31. The van der Waals surface area contributed by atoms with Gasteiger partial charge in [-0.1, -0.05) is 23.4 Å². The number of tetrazole rings is 1. The number of benzene rings is 1. The highest BCUT2D eigenvalue weighted by Gasteiger charge is 2.18. The second-order valence-electron chi connectivity index (χ2n) is 3.58. The summed E-state index contributed by atoms with van der Waals surface area (Å²) >= 11 is 8.24. The van der Waals surface area contributed by atoms with E-state index in [-0.39, 0.29) is 5.75 Å². The van der Waals surface area contributed by atoms with E-state index in [0.717, 1.165) is 23.5 Å². The van der Waals surface area contributed by atoms with Crippen molar-refractivity contribution in [1.82, 2.24) is 29.0 Å². The van der Waals surface area contributed by atoms with Crippen molar-refractivity contribution in [3.8, 4) is 5.69 Å². The number of rotatable bonds is 4. The highest BCUT2D eigenvalue weighted by atomic mass is 35.5. The largest absolute Gasteiger partial charge is 0.481 e. The lowest BCUT2D eigenvalue weighted by molar-refractivity contribution is -0.133. The summed E-state index contributed by atoms with van der Waals surface area (Å²) in [5.74, 6) is -1.10. The summed E-state index contributed by atoms with van der Waals surface area (Å²) in [6, 6.07) is 3.42. The minimum atomic E-state index is -0.954. The van der Waals surface area contributed by atoms with Crippen molar-refractivity contribution < 1.29 is 9.90 Å². The van der Waals surface area contributed by atoms with Crippen LogP contribution in [0.5, 0.6) is 0 Å². The Labute approximate surface area is 125 Å². The van der Waals surface area contributed by atoms with Crippen molar-refractivity contribution in [2.75, 3.05) is 5.75 Å². The molecule has 2 aromatic heterocycles. The second-order valence-corrected chi connectivity index (χ2v) is 5.46. The number of aromatic nitrogens is 6. The van der Waals surface area contributed by atoms with Crippen LogP contribution in [0.3, 0.4) is 0 Å². The first-order chi connectivity index (χ1) is 9.66. The molecule has 0 aliphatic heterocycles. The molecule has 20 heavy (non-hydrogen) atoms. The molecule has 0 fully saturated rings. The van der Waals surface area contributed by atoms with Gasteiger partial charge in [-0.2, -0.15) is 13.4 Å². The molecule has 0 aliphatic rings. The summed E-state index contributed by atoms with van der Waals surface area (Å²) in [5, 5.41) is 20.7. The minimum Gasteiger partial charge on any atom is -0.481 e. The normalized spacial score (nSPS) is 11.1. The molecule has 0 amide bonds. The fourth-order valence-electron chi connectivity index (χ4n) is 1.55. The molecule has 2 heterocycles. The van der Waals surface area contributed by atoms with Gasteiger partial charge in [0.05, 0.1) is 22.5 Å². The Morgan fingerprint density at radius 2 is 2.30 bits per heavy atom. The average molecular weight is 329 g/mol. The van der Waals surface area contributed by atoms with E-state index in [0.29, 0.717) is 26.9 Å². The Hall–Kier alpha value is -1.78.